The molecule has 0 amide bonds. The van der Waals surface area contributed by atoms with Crippen molar-refractivity contribution < 1.29 is 19.1 Å². The first-order chi connectivity index (χ1) is 10.7. The zero-order valence-electron chi connectivity index (χ0n) is 14.1. The Balaban J connectivity index is 2.32. The molecule has 0 N–H and O–H groups in total. The minimum Gasteiger partial charge on any atom is -0.465 e. The van der Waals surface area contributed by atoms with Crippen LogP contribution in [0.25, 0.3) is 0 Å². The van der Waals surface area contributed by atoms with Crippen molar-refractivity contribution in [3.8, 4) is 0 Å². The highest BCUT2D eigenvalue weighted by Crippen LogP contribution is 2.50. The van der Waals surface area contributed by atoms with E-state index in [4.69, 9.17) is 9.47 Å². The number of carbonyl (C=O) groups is 2. The second-order valence-electron chi connectivity index (χ2n) is 6.66. The van der Waals surface area contributed by atoms with E-state index >= 15 is 0 Å². The second kappa shape index (κ2) is 7.98. The zero-order valence-corrected chi connectivity index (χ0v) is 14.1. The topological polar surface area (TPSA) is 52.6 Å². The molecule has 0 radical (unpaired) electrons. The maximum atomic E-state index is 12.8. The summed E-state index contributed by atoms with van der Waals surface area (Å²) >= 11 is 0. The van der Waals surface area contributed by atoms with E-state index in [1.165, 1.54) is 19.3 Å². The summed E-state index contributed by atoms with van der Waals surface area (Å²) in [5.74, 6) is -0.130. The van der Waals surface area contributed by atoms with Crippen LogP contribution in [0.2, 0.25) is 0 Å². The number of esters is 2. The molecule has 2 rings (SSSR count). The lowest BCUT2D eigenvalue weighted by molar-refractivity contribution is -0.182. The third-order valence-corrected chi connectivity index (χ3v) is 5.47. The Hall–Kier alpha value is -1.06. The molecule has 22 heavy (non-hydrogen) atoms. The molecule has 2 fully saturated rings. The summed E-state index contributed by atoms with van der Waals surface area (Å²) in [5, 5.41) is 0. The Morgan fingerprint density at radius 1 is 0.864 bits per heavy atom. The third kappa shape index (κ3) is 3.31. The van der Waals surface area contributed by atoms with Gasteiger partial charge in [0, 0.05) is 0 Å². The quantitative estimate of drug-likeness (QED) is 0.571. The fourth-order valence-electron chi connectivity index (χ4n) is 4.48. The Labute approximate surface area is 133 Å². The van der Waals surface area contributed by atoms with Crippen molar-refractivity contribution in [2.45, 2.75) is 71.6 Å². The van der Waals surface area contributed by atoms with Crippen LogP contribution in [0.5, 0.6) is 0 Å². The first-order valence-corrected chi connectivity index (χ1v) is 9.01. The molecule has 0 saturated heterocycles. The molecule has 126 valence electrons. The molecular weight excluding hydrogens is 280 g/mol. The lowest BCUT2D eigenvalue weighted by atomic mass is 9.59. The van der Waals surface area contributed by atoms with Crippen LogP contribution in [0, 0.1) is 17.3 Å². The van der Waals surface area contributed by atoms with E-state index in [1.54, 1.807) is 13.8 Å². The van der Waals surface area contributed by atoms with E-state index in [0.717, 1.165) is 32.1 Å². The molecule has 0 spiro atoms. The summed E-state index contributed by atoms with van der Waals surface area (Å²) in [6.45, 7) is 4.24. The predicted molar refractivity (Wildman–Crippen MR) is 84.2 cm³/mol. The smallest absolute Gasteiger partial charge is 0.323 e. The largest absolute Gasteiger partial charge is 0.465 e. The summed E-state index contributed by atoms with van der Waals surface area (Å²) in [7, 11) is 0. The van der Waals surface area contributed by atoms with Crippen LogP contribution in [-0.4, -0.2) is 25.2 Å². The molecule has 0 aromatic carbocycles. The van der Waals surface area contributed by atoms with E-state index in [0.29, 0.717) is 25.6 Å². The van der Waals surface area contributed by atoms with E-state index in [-0.39, 0.29) is 17.9 Å². The zero-order chi connectivity index (χ0) is 16.0. The van der Waals surface area contributed by atoms with E-state index in [9.17, 15) is 9.59 Å². The average molecular weight is 310 g/mol. The van der Waals surface area contributed by atoms with Crippen LogP contribution in [0.4, 0.5) is 0 Å². The summed E-state index contributed by atoms with van der Waals surface area (Å²) in [6, 6.07) is 0. The van der Waals surface area contributed by atoms with Crippen LogP contribution in [0.3, 0.4) is 0 Å². The maximum Gasteiger partial charge on any atom is 0.323 e. The molecule has 1 atom stereocenters. The van der Waals surface area contributed by atoms with Gasteiger partial charge in [-0.15, -0.1) is 0 Å². The van der Waals surface area contributed by atoms with Gasteiger partial charge in [-0.05, 0) is 38.5 Å². The Kier molecular flexibility index (Phi) is 6.27. The first kappa shape index (κ1) is 17.3. The molecule has 2 aliphatic rings. The monoisotopic (exact) mass is 310 g/mol. The van der Waals surface area contributed by atoms with Gasteiger partial charge in [0.15, 0.2) is 5.41 Å². The first-order valence-electron chi connectivity index (χ1n) is 9.01. The maximum absolute atomic E-state index is 12.8. The number of hydrogen-bond acceptors (Lipinski definition) is 4. The molecule has 0 aromatic heterocycles. The lowest BCUT2D eigenvalue weighted by Gasteiger charge is -2.44. The minimum absolute atomic E-state index is 0.0969. The van der Waals surface area contributed by atoms with Gasteiger partial charge < -0.3 is 9.47 Å². The molecule has 2 aliphatic carbocycles. The van der Waals surface area contributed by atoms with E-state index in [1.807, 2.05) is 0 Å². The molecule has 4 nitrogen and oxygen atoms in total. The van der Waals surface area contributed by atoms with Gasteiger partial charge in [-0.25, -0.2) is 0 Å². The molecular formula is C18H30O4. The van der Waals surface area contributed by atoms with Crippen LogP contribution in [0.1, 0.15) is 71.6 Å². The SMILES string of the molecule is CCOC(=O)C1(C(=O)OCC)CCCCC1C1CCCCC1. The van der Waals surface area contributed by atoms with Crippen molar-refractivity contribution in [2.24, 2.45) is 17.3 Å². The highest BCUT2D eigenvalue weighted by Gasteiger charge is 2.57. The lowest BCUT2D eigenvalue weighted by Crippen LogP contribution is -2.52. The summed E-state index contributed by atoms with van der Waals surface area (Å²) in [6.07, 6.45) is 9.49. The molecule has 0 heterocycles. The Morgan fingerprint density at radius 2 is 1.41 bits per heavy atom. The normalized spacial score (nSPS) is 25.5. The predicted octanol–water partition coefficient (Wildman–Crippen LogP) is 3.87. The summed E-state index contributed by atoms with van der Waals surface area (Å²) < 4.78 is 10.7. The number of rotatable bonds is 5. The van der Waals surface area contributed by atoms with Gasteiger partial charge in [0.25, 0.3) is 0 Å². The van der Waals surface area contributed by atoms with Gasteiger partial charge in [-0.2, -0.15) is 0 Å². The van der Waals surface area contributed by atoms with Crippen molar-refractivity contribution in [3.63, 3.8) is 0 Å². The van der Waals surface area contributed by atoms with Crippen molar-refractivity contribution in [2.75, 3.05) is 13.2 Å². The number of ether oxygens (including phenoxy) is 2. The number of carbonyl (C=O) groups excluding carboxylic acids is 2. The summed E-state index contributed by atoms with van der Waals surface area (Å²) in [5.41, 5.74) is -1.05. The molecule has 0 aromatic rings. The molecule has 4 heteroatoms. The van der Waals surface area contributed by atoms with Crippen LogP contribution in [0.15, 0.2) is 0 Å². The average Bonchev–Trinajstić information content (AvgIpc) is 2.56. The molecule has 1 unspecified atom stereocenters. The molecule has 0 bridgehead atoms. The standard InChI is InChI=1S/C18H30O4/c1-3-21-16(19)18(17(20)22-4-2)13-9-8-12-15(18)14-10-6-5-7-11-14/h14-15H,3-13H2,1-2H3. The van der Waals surface area contributed by atoms with Gasteiger partial charge in [0.1, 0.15) is 0 Å². The third-order valence-electron chi connectivity index (χ3n) is 5.47. The van der Waals surface area contributed by atoms with Crippen LogP contribution in [-0.2, 0) is 19.1 Å². The van der Waals surface area contributed by atoms with E-state index in [2.05, 4.69) is 0 Å². The minimum atomic E-state index is -1.05. The van der Waals surface area contributed by atoms with Gasteiger partial charge >= 0.3 is 11.9 Å². The van der Waals surface area contributed by atoms with Crippen molar-refractivity contribution >= 4 is 11.9 Å². The highest BCUT2D eigenvalue weighted by atomic mass is 16.6. The summed E-state index contributed by atoms with van der Waals surface area (Å²) in [4.78, 5) is 25.5. The second-order valence-corrected chi connectivity index (χ2v) is 6.66. The van der Waals surface area contributed by atoms with Crippen molar-refractivity contribution in [1.29, 1.82) is 0 Å². The fraction of sp³-hybridized carbons (Fsp3) is 0.889. The van der Waals surface area contributed by atoms with Crippen molar-refractivity contribution in [3.05, 3.63) is 0 Å². The van der Waals surface area contributed by atoms with Crippen LogP contribution >= 0.6 is 0 Å². The van der Waals surface area contributed by atoms with Crippen LogP contribution < -0.4 is 0 Å². The van der Waals surface area contributed by atoms with Gasteiger partial charge in [0.05, 0.1) is 13.2 Å². The van der Waals surface area contributed by atoms with Gasteiger partial charge in [-0.3, -0.25) is 9.59 Å². The fourth-order valence-corrected chi connectivity index (χ4v) is 4.48. The Morgan fingerprint density at radius 3 is 1.95 bits per heavy atom. The molecule has 2 saturated carbocycles. The van der Waals surface area contributed by atoms with Crippen molar-refractivity contribution in [1.82, 2.24) is 0 Å². The van der Waals surface area contributed by atoms with E-state index < -0.39 is 5.41 Å². The van der Waals surface area contributed by atoms with Gasteiger partial charge in [0.2, 0.25) is 0 Å². The highest BCUT2D eigenvalue weighted by molar-refractivity contribution is 6.00. The number of hydrogen-bond donors (Lipinski definition) is 0. The van der Waals surface area contributed by atoms with Gasteiger partial charge in [-0.1, -0.05) is 44.9 Å². The Bertz CT molecular complexity index is 367. The molecule has 0 aliphatic heterocycles.